The standard InChI is InChI=1S/C27H24O4S/c1-3-31-27-17-15-23(19-25(27)21-12-8-5-9-13-21)32(28,29)22-14-16-26(30-2)24(18-22)20-10-6-4-7-11-20/h4-19H,3H2,1-2H3. The molecule has 0 saturated heterocycles. The highest BCUT2D eigenvalue weighted by Gasteiger charge is 2.22. The summed E-state index contributed by atoms with van der Waals surface area (Å²) in [5.74, 6) is 1.27. The molecule has 0 unspecified atom stereocenters. The van der Waals surface area contributed by atoms with E-state index in [1.807, 2.05) is 67.6 Å². The topological polar surface area (TPSA) is 52.6 Å². The molecular weight excluding hydrogens is 420 g/mol. The van der Waals surface area contributed by atoms with Crippen molar-refractivity contribution >= 4 is 9.84 Å². The number of hydrogen-bond donors (Lipinski definition) is 0. The SMILES string of the molecule is CCOc1ccc(S(=O)(=O)c2ccc(OC)c(-c3ccccc3)c2)cc1-c1ccccc1. The quantitative estimate of drug-likeness (QED) is 0.338. The van der Waals surface area contributed by atoms with Gasteiger partial charge in [0.15, 0.2) is 0 Å². The molecule has 0 aliphatic carbocycles. The van der Waals surface area contributed by atoms with Gasteiger partial charge >= 0.3 is 0 Å². The second kappa shape index (κ2) is 9.28. The average molecular weight is 445 g/mol. The minimum absolute atomic E-state index is 0.209. The Bertz CT molecular complexity index is 1310. The minimum atomic E-state index is -3.77. The van der Waals surface area contributed by atoms with Crippen LogP contribution in [0.2, 0.25) is 0 Å². The molecule has 0 amide bonds. The molecule has 0 N–H and O–H groups in total. The number of ether oxygens (including phenoxy) is 2. The summed E-state index contributed by atoms with van der Waals surface area (Å²) in [6, 6.07) is 29.2. The van der Waals surface area contributed by atoms with Crippen LogP contribution >= 0.6 is 0 Å². The van der Waals surface area contributed by atoms with Gasteiger partial charge in [-0.05, 0) is 54.4 Å². The maximum atomic E-state index is 13.6. The van der Waals surface area contributed by atoms with Crippen LogP contribution in [0.1, 0.15) is 6.92 Å². The van der Waals surface area contributed by atoms with E-state index >= 15 is 0 Å². The summed E-state index contributed by atoms with van der Waals surface area (Å²) in [6.07, 6.45) is 0. The molecule has 0 aliphatic rings. The van der Waals surface area contributed by atoms with Crippen LogP contribution in [0, 0.1) is 0 Å². The molecular formula is C27H24O4S. The van der Waals surface area contributed by atoms with Gasteiger partial charge in [0, 0.05) is 11.1 Å². The molecule has 4 aromatic carbocycles. The van der Waals surface area contributed by atoms with E-state index in [0.717, 1.165) is 22.3 Å². The van der Waals surface area contributed by atoms with Crippen molar-refractivity contribution in [2.45, 2.75) is 16.7 Å². The van der Waals surface area contributed by atoms with Gasteiger partial charge in [-0.3, -0.25) is 0 Å². The second-order valence-corrected chi connectivity index (χ2v) is 9.14. The summed E-state index contributed by atoms with van der Waals surface area (Å²) >= 11 is 0. The maximum absolute atomic E-state index is 13.6. The van der Waals surface area contributed by atoms with Gasteiger partial charge in [-0.25, -0.2) is 8.42 Å². The van der Waals surface area contributed by atoms with Crippen molar-refractivity contribution in [3.8, 4) is 33.8 Å². The first-order valence-electron chi connectivity index (χ1n) is 10.4. The second-order valence-electron chi connectivity index (χ2n) is 7.19. The van der Waals surface area contributed by atoms with Crippen molar-refractivity contribution in [1.82, 2.24) is 0 Å². The highest BCUT2D eigenvalue weighted by Crippen LogP contribution is 2.37. The van der Waals surface area contributed by atoms with Gasteiger partial charge in [-0.2, -0.15) is 0 Å². The summed E-state index contributed by atoms with van der Waals surface area (Å²) in [5.41, 5.74) is 3.25. The smallest absolute Gasteiger partial charge is 0.206 e. The number of sulfone groups is 1. The molecule has 0 saturated carbocycles. The molecule has 5 heteroatoms. The number of methoxy groups -OCH3 is 1. The fraction of sp³-hybridized carbons (Fsp3) is 0.111. The zero-order valence-corrected chi connectivity index (χ0v) is 18.8. The molecule has 0 aromatic heterocycles. The summed E-state index contributed by atoms with van der Waals surface area (Å²) < 4.78 is 38.4. The van der Waals surface area contributed by atoms with Crippen LogP contribution in [0.4, 0.5) is 0 Å². The first kappa shape index (κ1) is 21.7. The van der Waals surface area contributed by atoms with Crippen molar-refractivity contribution < 1.29 is 17.9 Å². The van der Waals surface area contributed by atoms with Crippen LogP contribution in [0.25, 0.3) is 22.3 Å². The van der Waals surface area contributed by atoms with E-state index in [1.165, 1.54) is 0 Å². The fourth-order valence-electron chi connectivity index (χ4n) is 3.63. The lowest BCUT2D eigenvalue weighted by Gasteiger charge is -2.14. The first-order chi connectivity index (χ1) is 15.5. The van der Waals surface area contributed by atoms with E-state index in [0.29, 0.717) is 18.1 Å². The molecule has 0 atom stereocenters. The Morgan fingerprint density at radius 1 is 0.656 bits per heavy atom. The normalized spacial score (nSPS) is 11.2. The number of hydrogen-bond acceptors (Lipinski definition) is 4. The van der Waals surface area contributed by atoms with Crippen molar-refractivity contribution in [2.75, 3.05) is 13.7 Å². The van der Waals surface area contributed by atoms with Gasteiger partial charge in [0.1, 0.15) is 11.5 Å². The van der Waals surface area contributed by atoms with Crippen LogP contribution in [-0.2, 0) is 9.84 Å². The van der Waals surface area contributed by atoms with Gasteiger partial charge in [0.05, 0.1) is 23.5 Å². The van der Waals surface area contributed by atoms with E-state index < -0.39 is 9.84 Å². The van der Waals surface area contributed by atoms with Crippen molar-refractivity contribution in [1.29, 1.82) is 0 Å². The van der Waals surface area contributed by atoms with Crippen LogP contribution in [-0.4, -0.2) is 22.1 Å². The van der Waals surface area contributed by atoms with Crippen molar-refractivity contribution in [3.05, 3.63) is 97.1 Å². The van der Waals surface area contributed by atoms with E-state index in [1.54, 1.807) is 43.5 Å². The highest BCUT2D eigenvalue weighted by atomic mass is 32.2. The van der Waals surface area contributed by atoms with E-state index in [2.05, 4.69) is 0 Å². The molecule has 4 rings (SSSR count). The van der Waals surface area contributed by atoms with Gasteiger partial charge in [-0.1, -0.05) is 60.7 Å². The third-order valence-electron chi connectivity index (χ3n) is 5.21. The van der Waals surface area contributed by atoms with Crippen LogP contribution in [0.15, 0.2) is 107 Å². The van der Waals surface area contributed by atoms with Gasteiger partial charge in [0.25, 0.3) is 0 Å². The Morgan fingerprint density at radius 2 is 1.12 bits per heavy atom. The molecule has 0 radical (unpaired) electrons. The lowest BCUT2D eigenvalue weighted by atomic mass is 10.0. The molecule has 32 heavy (non-hydrogen) atoms. The zero-order chi connectivity index (χ0) is 22.6. The predicted molar refractivity (Wildman–Crippen MR) is 127 cm³/mol. The number of rotatable bonds is 7. The summed E-state index contributed by atoms with van der Waals surface area (Å²) in [4.78, 5) is 0.421. The van der Waals surface area contributed by atoms with E-state index in [9.17, 15) is 8.42 Å². The maximum Gasteiger partial charge on any atom is 0.206 e. The molecule has 0 heterocycles. The Labute approximate surface area is 189 Å². The summed E-state index contributed by atoms with van der Waals surface area (Å²) in [5, 5.41) is 0. The largest absolute Gasteiger partial charge is 0.496 e. The van der Waals surface area contributed by atoms with Gasteiger partial charge in [-0.15, -0.1) is 0 Å². The van der Waals surface area contributed by atoms with Gasteiger partial charge in [0.2, 0.25) is 9.84 Å². The van der Waals surface area contributed by atoms with Crippen LogP contribution < -0.4 is 9.47 Å². The average Bonchev–Trinajstić information content (AvgIpc) is 2.85. The lowest BCUT2D eigenvalue weighted by Crippen LogP contribution is -2.04. The summed E-state index contributed by atoms with van der Waals surface area (Å²) in [6.45, 7) is 2.40. The van der Waals surface area contributed by atoms with Crippen molar-refractivity contribution in [3.63, 3.8) is 0 Å². The Hall–Kier alpha value is -3.57. The molecule has 4 nitrogen and oxygen atoms in total. The van der Waals surface area contributed by atoms with Crippen LogP contribution in [0.5, 0.6) is 11.5 Å². The summed E-state index contributed by atoms with van der Waals surface area (Å²) in [7, 11) is -2.19. The fourth-order valence-corrected chi connectivity index (χ4v) is 4.95. The Morgan fingerprint density at radius 3 is 1.59 bits per heavy atom. The monoisotopic (exact) mass is 444 g/mol. The molecule has 0 bridgehead atoms. The lowest BCUT2D eigenvalue weighted by molar-refractivity contribution is 0.341. The van der Waals surface area contributed by atoms with E-state index in [4.69, 9.17) is 9.47 Å². The number of benzene rings is 4. The van der Waals surface area contributed by atoms with Gasteiger partial charge < -0.3 is 9.47 Å². The van der Waals surface area contributed by atoms with E-state index in [-0.39, 0.29) is 9.79 Å². The third kappa shape index (κ3) is 4.25. The Balaban J connectivity index is 1.84. The van der Waals surface area contributed by atoms with Crippen LogP contribution in [0.3, 0.4) is 0 Å². The Kier molecular flexibility index (Phi) is 6.28. The molecule has 0 fully saturated rings. The first-order valence-corrected chi connectivity index (χ1v) is 11.8. The highest BCUT2D eigenvalue weighted by molar-refractivity contribution is 7.91. The predicted octanol–water partition coefficient (Wildman–Crippen LogP) is 6.26. The minimum Gasteiger partial charge on any atom is -0.496 e. The molecule has 162 valence electrons. The zero-order valence-electron chi connectivity index (χ0n) is 18.0. The van der Waals surface area contributed by atoms with Crippen molar-refractivity contribution in [2.24, 2.45) is 0 Å². The molecule has 0 aliphatic heterocycles. The molecule has 0 spiro atoms. The molecule has 4 aromatic rings. The third-order valence-corrected chi connectivity index (χ3v) is 6.96.